The second kappa shape index (κ2) is 9.42. The van der Waals surface area contributed by atoms with Gasteiger partial charge in [-0.1, -0.05) is 50.6 Å². The summed E-state index contributed by atoms with van der Waals surface area (Å²) < 4.78 is 69.4. The number of fused-ring (bicyclic) bond motifs is 1. The molecule has 0 bridgehead atoms. The third-order valence-corrected chi connectivity index (χ3v) is 6.75. The van der Waals surface area contributed by atoms with Gasteiger partial charge in [0, 0.05) is 24.7 Å². The summed E-state index contributed by atoms with van der Waals surface area (Å²) in [6.07, 6.45) is -4.29. The highest BCUT2D eigenvalue weighted by atomic mass is 32.2. The first kappa shape index (κ1) is 24.6. The van der Waals surface area contributed by atoms with Crippen LogP contribution in [-0.4, -0.2) is 44.5 Å². The van der Waals surface area contributed by atoms with Crippen molar-refractivity contribution in [3.05, 3.63) is 59.7 Å². The van der Waals surface area contributed by atoms with Gasteiger partial charge < -0.3 is 9.64 Å². The minimum absolute atomic E-state index is 0.0680. The lowest BCUT2D eigenvalue weighted by Crippen LogP contribution is -2.40. The van der Waals surface area contributed by atoms with Crippen LogP contribution < -0.4 is 9.46 Å². The van der Waals surface area contributed by atoms with Gasteiger partial charge in [0.1, 0.15) is 17.6 Å². The van der Waals surface area contributed by atoms with Gasteiger partial charge in [-0.2, -0.15) is 0 Å². The highest BCUT2D eigenvalue weighted by Crippen LogP contribution is 2.28. The number of likely N-dealkylation sites (N-methyl/N-ethyl adjacent to an activating group) is 1. The summed E-state index contributed by atoms with van der Waals surface area (Å²) in [7, 11) is -2.33. The van der Waals surface area contributed by atoms with Crippen LogP contribution in [0.3, 0.4) is 0 Å². The van der Waals surface area contributed by atoms with Gasteiger partial charge in [-0.3, -0.25) is 14.5 Å². The van der Waals surface area contributed by atoms with Gasteiger partial charge in [0.15, 0.2) is 0 Å². The molecule has 3 rings (SSSR count). The molecule has 0 aromatic heterocycles. The number of nitrogens with zero attached hydrogens (tertiary/aromatic N) is 2. The number of halogens is 3. The minimum Gasteiger partial charge on any atom is -0.405 e. The molecule has 0 aliphatic carbocycles. The molecule has 0 radical (unpaired) electrons. The van der Waals surface area contributed by atoms with E-state index in [9.17, 15) is 26.4 Å². The summed E-state index contributed by atoms with van der Waals surface area (Å²) in [6.45, 7) is 3.52. The molecular formula is C22H24F3N3O4S. The molecule has 0 fully saturated rings. The maximum atomic E-state index is 13.3. The zero-order valence-corrected chi connectivity index (χ0v) is 19.1. The van der Waals surface area contributed by atoms with Gasteiger partial charge in [-0.05, 0) is 24.1 Å². The zero-order chi connectivity index (χ0) is 24.4. The van der Waals surface area contributed by atoms with Gasteiger partial charge in [0.25, 0.3) is 10.0 Å². The summed E-state index contributed by atoms with van der Waals surface area (Å²) in [5.74, 6) is -1.04. The van der Waals surface area contributed by atoms with E-state index in [1.54, 1.807) is 31.2 Å². The lowest BCUT2D eigenvalue weighted by atomic mass is 9.98. The smallest absolute Gasteiger partial charge is 0.405 e. The topological polar surface area (TPSA) is 88.1 Å². The zero-order valence-electron chi connectivity index (χ0n) is 18.3. The molecule has 1 aliphatic rings. The van der Waals surface area contributed by atoms with E-state index < -0.39 is 34.1 Å². The Labute approximate surface area is 190 Å². The van der Waals surface area contributed by atoms with Crippen molar-refractivity contribution in [2.45, 2.75) is 44.1 Å². The summed E-state index contributed by atoms with van der Waals surface area (Å²) in [6, 6.07) is 10.9. The van der Waals surface area contributed by atoms with Crippen molar-refractivity contribution < 1.29 is 31.1 Å². The Morgan fingerprint density at radius 2 is 1.79 bits per heavy atom. The number of carbonyl (C=O) groups is 1. The Kier molecular flexibility index (Phi) is 7.01. The molecule has 33 heavy (non-hydrogen) atoms. The Morgan fingerprint density at radius 1 is 1.15 bits per heavy atom. The number of sulfonamides is 1. The standard InChI is InChI=1S/C22H24F3N3O4S/c1-4-14(2)19(26-20-16-10-6-8-12-18(16)33(30,31)27-20)21(29)28(3)13-15-9-5-7-11-17(15)32-22(23,24)25/h5-12,14,19H,4,13H2,1-3H3,(H,26,27)/t14-,19-/m0/s1. The SMILES string of the molecule is CC[C@H](C)[C@H](N=C1NS(=O)(=O)c2ccccc21)C(=O)N(C)Cc1ccccc1OC(F)(F)F. The quantitative estimate of drug-likeness (QED) is 0.651. The Bertz CT molecular complexity index is 1170. The second-order valence-corrected chi connectivity index (χ2v) is 9.41. The average Bonchev–Trinajstić information content (AvgIpc) is 3.01. The molecular weight excluding hydrogens is 459 g/mol. The molecule has 7 nitrogen and oxygen atoms in total. The fourth-order valence-corrected chi connectivity index (χ4v) is 4.67. The normalized spacial score (nSPS) is 17.7. The number of para-hydroxylation sites is 1. The third-order valence-electron chi connectivity index (χ3n) is 5.35. The number of rotatable bonds is 7. The van der Waals surface area contributed by atoms with Crippen molar-refractivity contribution in [1.82, 2.24) is 9.62 Å². The molecule has 2 aromatic rings. The largest absolute Gasteiger partial charge is 0.573 e. The minimum atomic E-state index is -4.86. The summed E-state index contributed by atoms with van der Waals surface area (Å²) in [4.78, 5) is 19.1. The Hall–Kier alpha value is -3.08. The molecule has 2 aromatic carbocycles. The molecule has 0 saturated heterocycles. The van der Waals surface area contributed by atoms with Gasteiger partial charge in [0.05, 0.1) is 4.90 Å². The molecule has 0 spiro atoms. The van der Waals surface area contributed by atoms with Crippen LogP contribution in [0.15, 0.2) is 58.4 Å². The van der Waals surface area contributed by atoms with Crippen molar-refractivity contribution in [2.75, 3.05) is 7.05 Å². The lowest BCUT2D eigenvalue weighted by Gasteiger charge is -2.26. The predicted molar refractivity (Wildman–Crippen MR) is 116 cm³/mol. The molecule has 0 saturated carbocycles. The number of nitrogens with one attached hydrogen (secondary N) is 1. The molecule has 1 aliphatic heterocycles. The van der Waals surface area contributed by atoms with E-state index in [1.165, 1.54) is 36.2 Å². The van der Waals surface area contributed by atoms with Crippen LogP contribution >= 0.6 is 0 Å². The Balaban J connectivity index is 1.90. The van der Waals surface area contributed by atoms with Gasteiger partial charge in [-0.15, -0.1) is 13.2 Å². The number of carbonyl (C=O) groups excluding carboxylic acids is 1. The van der Waals surface area contributed by atoms with Crippen molar-refractivity contribution in [3.8, 4) is 5.75 Å². The number of benzene rings is 2. The van der Waals surface area contributed by atoms with Crippen LogP contribution in [0.2, 0.25) is 0 Å². The number of ether oxygens (including phenoxy) is 1. The first-order chi connectivity index (χ1) is 15.4. The van der Waals surface area contributed by atoms with Crippen LogP contribution in [0.25, 0.3) is 0 Å². The summed E-state index contributed by atoms with van der Waals surface area (Å²) in [5.41, 5.74) is 0.540. The number of aliphatic imine (C=N–C) groups is 1. The molecule has 2 atom stereocenters. The van der Waals surface area contributed by atoms with Crippen molar-refractivity contribution in [1.29, 1.82) is 0 Å². The lowest BCUT2D eigenvalue weighted by molar-refractivity contribution is -0.275. The van der Waals surface area contributed by atoms with E-state index in [2.05, 4.69) is 14.5 Å². The highest BCUT2D eigenvalue weighted by Gasteiger charge is 2.35. The number of hydrogen-bond donors (Lipinski definition) is 1. The summed E-state index contributed by atoms with van der Waals surface area (Å²) in [5, 5.41) is 0. The summed E-state index contributed by atoms with van der Waals surface area (Å²) >= 11 is 0. The van der Waals surface area contributed by atoms with Gasteiger partial charge >= 0.3 is 6.36 Å². The van der Waals surface area contributed by atoms with E-state index in [4.69, 9.17) is 0 Å². The highest BCUT2D eigenvalue weighted by molar-refractivity contribution is 7.90. The molecule has 11 heteroatoms. The van der Waals surface area contributed by atoms with Crippen molar-refractivity contribution in [2.24, 2.45) is 10.9 Å². The maximum Gasteiger partial charge on any atom is 0.573 e. The number of amidine groups is 1. The fourth-order valence-electron chi connectivity index (χ4n) is 3.44. The monoisotopic (exact) mass is 483 g/mol. The number of alkyl halides is 3. The van der Waals surface area contributed by atoms with E-state index >= 15 is 0 Å². The first-order valence-electron chi connectivity index (χ1n) is 10.2. The Morgan fingerprint density at radius 3 is 2.45 bits per heavy atom. The van der Waals surface area contributed by atoms with Crippen molar-refractivity contribution >= 4 is 21.8 Å². The van der Waals surface area contributed by atoms with Gasteiger partial charge in [-0.25, -0.2) is 8.42 Å². The third kappa shape index (κ3) is 5.65. The van der Waals surface area contributed by atoms with Crippen LogP contribution in [0.1, 0.15) is 31.4 Å². The first-order valence-corrected chi connectivity index (χ1v) is 11.7. The molecule has 1 N–H and O–H groups in total. The number of amides is 1. The van der Waals surface area contributed by atoms with Gasteiger partial charge in [0.2, 0.25) is 5.91 Å². The maximum absolute atomic E-state index is 13.3. The molecule has 0 unspecified atom stereocenters. The molecule has 1 heterocycles. The van der Waals surface area contributed by atoms with E-state index in [0.29, 0.717) is 12.0 Å². The molecule has 1 amide bonds. The van der Waals surface area contributed by atoms with Crippen LogP contribution in [0.5, 0.6) is 5.75 Å². The predicted octanol–water partition coefficient (Wildman–Crippen LogP) is 3.70. The van der Waals surface area contributed by atoms with Crippen molar-refractivity contribution in [3.63, 3.8) is 0 Å². The van der Waals surface area contributed by atoms with E-state index in [1.807, 2.05) is 6.92 Å². The van der Waals surface area contributed by atoms with Crippen LogP contribution in [-0.2, 0) is 21.4 Å². The van der Waals surface area contributed by atoms with E-state index in [-0.39, 0.29) is 28.8 Å². The molecule has 178 valence electrons. The van der Waals surface area contributed by atoms with E-state index in [0.717, 1.165) is 0 Å². The second-order valence-electron chi connectivity index (χ2n) is 7.76. The van der Waals surface area contributed by atoms with Crippen LogP contribution in [0.4, 0.5) is 13.2 Å². The van der Waals surface area contributed by atoms with Crippen LogP contribution in [0, 0.1) is 5.92 Å². The average molecular weight is 484 g/mol. The fraction of sp³-hybridized carbons (Fsp3) is 0.364. The number of hydrogen-bond acceptors (Lipinski definition) is 5.